The summed E-state index contributed by atoms with van der Waals surface area (Å²) in [6.45, 7) is 5.35. The van der Waals surface area contributed by atoms with Crippen molar-refractivity contribution in [1.82, 2.24) is 5.32 Å². The van der Waals surface area contributed by atoms with Crippen LogP contribution in [0, 0.1) is 0 Å². The summed E-state index contributed by atoms with van der Waals surface area (Å²) in [6, 6.07) is 4.88. The summed E-state index contributed by atoms with van der Waals surface area (Å²) < 4.78 is 12.7. The first-order chi connectivity index (χ1) is 9.26. The number of benzene rings is 1. The van der Waals surface area contributed by atoms with Crippen LogP contribution in [0.4, 0.5) is 0 Å². The van der Waals surface area contributed by atoms with Gasteiger partial charge in [0.25, 0.3) is 0 Å². The van der Waals surface area contributed by atoms with Crippen LogP contribution in [0.25, 0.3) is 0 Å². The van der Waals surface area contributed by atoms with Crippen molar-refractivity contribution in [2.45, 2.75) is 62.1 Å². The lowest BCUT2D eigenvalue weighted by Crippen LogP contribution is -2.30. The van der Waals surface area contributed by atoms with E-state index in [0.717, 1.165) is 24.3 Å². The van der Waals surface area contributed by atoms with E-state index >= 15 is 0 Å². The fraction of sp³-hybridized carbons (Fsp3) is 0.625. The minimum absolute atomic E-state index is 0.254. The van der Waals surface area contributed by atoms with Gasteiger partial charge in [-0.3, -0.25) is 4.21 Å². The topological polar surface area (TPSA) is 29.1 Å². The number of rotatable bonds is 4. The standard InChI is InChI=1S/C16H23NOS/c1-3-8-17-16-13-9-11-6-5-7-12(11)10-15(13)19(18)14(16)4-2/h9-10,14,16-17H,3-8H2,1-2H3. The van der Waals surface area contributed by atoms with Gasteiger partial charge in [-0.2, -0.15) is 0 Å². The molecule has 0 bridgehead atoms. The lowest BCUT2D eigenvalue weighted by molar-refractivity contribution is 0.504. The maximum atomic E-state index is 12.7. The Morgan fingerprint density at radius 1 is 1.26 bits per heavy atom. The molecule has 1 aromatic rings. The van der Waals surface area contributed by atoms with Gasteiger partial charge in [0.15, 0.2) is 0 Å². The third-order valence-corrected chi connectivity index (χ3v) is 6.38. The molecule has 0 fully saturated rings. The van der Waals surface area contributed by atoms with E-state index in [2.05, 4.69) is 31.3 Å². The molecular weight excluding hydrogens is 254 g/mol. The first kappa shape index (κ1) is 13.3. The summed E-state index contributed by atoms with van der Waals surface area (Å²) in [7, 11) is -0.824. The summed E-state index contributed by atoms with van der Waals surface area (Å²) in [5.74, 6) is 0. The van der Waals surface area contributed by atoms with Crippen LogP contribution in [-0.2, 0) is 23.6 Å². The van der Waals surface area contributed by atoms with Crippen LogP contribution < -0.4 is 5.32 Å². The largest absolute Gasteiger partial charge is 0.309 e. The van der Waals surface area contributed by atoms with Crippen LogP contribution in [0.1, 0.15) is 55.8 Å². The molecular formula is C16H23NOS. The normalized spacial score (nSPS) is 28.4. The second-order valence-corrected chi connectivity index (χ2v) is 7.33. The molecule has 1 aliphatic carbocycles. The van der Waals surface area contributed by atoms with Crippen LogP contribution in [0.2, 0.25) is 0 Å². The average molecular weight is 277 g/mol. The van der Waals surface area contributed by atoms with Crippen molar-refractivity contribution in [2.75, 3.05) is 6.54 Å². The van der Waals surface area contributed by atoms with E-state index in [9.17, 15) is 4.21 Å². The molecule has 3 unspecified atom stereocenters. The highest BCUT2D eigenvalue weighted by Gasteiger charge is 2.38. The van der Waals surface area contributed by atoms with Crippen molar-refractivity contribution in [3.05, 3.63) is 28.8 Å². The van der Waals surface area contributed by atoms with Crippen molar-refractivity contribution < 1.29 is 4.21 Å². The van der Waals surface area contributed by atoms with Gasteiger partial charge in [-0.25, -0.2) is 0 Å². The summed E-state index contributed by atoms with van der Waals surface area (Å²) in [4.78, 5) is 1.11. The van der Waals surface area contributed by atoms with Crippen LogP contribution >= 0.6 is 0 Å². The van der Waals surface area contributed by atoms with Gasteiger partial charge < -0.3 is 5.32 Å². The van der Waals surface area contributed by atoms with Gasteiger partial charge in [0.1, 0.15) is 0 Å². The van der Waals surface area contributed by atoms with E-state index in [1.807, 2.05) is 0 Å². The molecule has 3 heteroatoms. The predicted molar refractivity (Wildman–Crippen MR) is 80.0 cm³/mol. The van der Waals surface area contributed by atoms with Gasteiger partial charge in [0.05, 0.1) is 16.0 Å². The maximum Gasteiger partial charge on any atom is 0.0587 e. The summed E-state index contributed by atoms with van der Waals surface area (Å²) in [5, 5.41) is 3.87. The van der Waals surface area contributed by atoms with Gasteiger partial charge >= 0.3 is 0 Å². The van der Waals surface area contributed by atoms with Gasteiger partial charge in [0.2, 0.25) is 0 Å². The predicted octanol–water partition coefficient (Wildman–Crippen LogP) is 3.12. The fourth-order valence-corrected chi connectivity index (χ4v) is 5.25. The molecule has 0 radical (unpaired) electrons. The SMILES string of the molecule is CCCNC1c2cc3c(cc2S(=O)C1CC)CCC3. The monoisotopic (exact) mass is 277 g/mol. The molecule has 104 valence electrons. The first-order valence-electron chi connectivity index (χ1n) is 7.55. The highest BCUT2D eigenvalue weighted by molar-refractivity contribution is 7.86. The zero-order valence-electron chi connectivity index (χ0n) is 11.9. The third-order valence-electron chi connectivity index (χ3n) is 4.44. The van der Waals surface area contributed by atoms with Crippen LogP contribution in [0.15, 0.2) is 17.0 Å². The van der Waals surface area contributed by atoms with E-state index in [0.29, 0.717) is 6.04 Å². The maximum absolute atomic E-state index is 12.7. The molecule has 0 aromatic heterocycles. The highest BCUT2D eigenvalue weighted by atomic mass is 32.2. The van der Waals surface area contributed by atoms with Gasteiger partial charge in [-0.15, -0.1) is 0 Å². The second-order valence-electron chi connectivity index (χ2n) is 5.69. The number of nitrogens with one attached hydrogen (secondary N) is 1. The zero-order chi connectivity index (χ0) is 13.4. The Bertz CT molecular complexity index is 512. The molecule has 0 saturated heterocycles. The van der Waals surface area contributed by atoms with Crippen LogP contribution in [0.5, 0.6) is 0 Å². The Morgan fingerprint density at radius 2 is 2.00 bits per heavy atom. The number of hydrogen-bond acceptors (Lipinski definition) is 2. The molecule has 0 spiro atoms. The van der Waals surface area contributed by atoms with E-state index in [1.165, 1.54) is 36.0 Å². The molecule has 0 saturated carbocycles. The molecule has 1 aliphatic heterocycles. The minimum atomic E-state index is -0.824. The Balaban J connectivity index is 2.01. The smallest absolute Gasteiger partial charge is 0.0587 e. The van der Waals surface area contributed by atoms with Crippen LogP contribution in [-0.4, -0.2) is 16.0 Å². The van der Waals surface area contributed by atoms with Gasteiger partial charge in [0, 0.05) is 10.9 Å². The first-order valence-corrected chi connectivity index (χ1v) is 8.77. The zero-order valence-corrected chi connectivity index (χ0v) is 12.7. The highest BCUT2D eigenvalue weighted by Crippen LogP contribution is 2.41. The quantitative estimate of drug-likeness (QED) is 0.916. The van der Waals surface area contributed by atoms with Crippen molar-refractivity contribution in [3.8, 4) is 0 Å². The molecule has 0 amide bonds. The van der Waals surface area contributed by atoms with Crippen LogP contribution in [0.3, 0.4) is 0 Å². The number of hydrogen-bond donors (Lipinski definition) is 1. The Kier molecular flexibility index (Phi) is 3.77. The molecule has 19 heavy (non-hydrogen) atoms. The Hall–Kier alpha value is -0.670. The Morgan fingerprint density at radius 3 is 2.68 bits per heavy atom. The lowest BCUT2D eigenvalue weighted by Gasteiger charge is -2.19. The molecule has 2 aliphatic rings. The third kappa shape index (κ3) is 2.17. The second kappa shape index (κ2) is 5.37. The Labute approximate surface area is 118 Å². The molecule has 1 aromatic carbocycles. The lowest BCUT2D eigenvalue weighted by atomic mass is 9.98. The van der Waals surface area contributed by atoms with Gasteiger partial charge in [-0.05, 0) is 61.4 Å². The fourth-order valence-electron chi connectivity index (χ4n) is 3.45. The van der Waals surface area contributed by atoms with Crippen molar-refractivity contribution in [2.24, 2.45) is 0 Å². The summed E-state index contributed by atoms with van der Waals surface area (Å²) >= 11 is 0. The number of aryl methyl sites for hydroxylation is 2. The molecule has 1 N–H and O–H groups in total. The van der Waals surface area contributed by atoms with E-state index in [4.69, 9.17) is 0 Å². The molecule has 3 rings (SSSR count). The van der Waals surface area contributed by atoms with E-state index in [1.54, 1.807) is 0 Å². The van der Waals surface area contributed by atoms with E-state index < -0.39 is 10.8 Å². The van der Waals surface area contributed by atoms with Crippen molar-refractivity contribution >= 4 is 10.8 Å². The molecule has 3 atom stereocenters. The molecule has 1 heterocycles. The molecule has 2 nitrogen and oxygen atoms in total. The summed E-state index contributed by atoms with van der Waals surface area (Å²) in [6.07, 6.45) is 5.73. The van der Waals surface area contributed by atoms with Crippen molar-refractivity contribution in [1.29, 1.82) is 0 Å². The number of fused-ring (bicyclic) bond motifs is 2. The summed E-state index contributed by atoms with van der Waals surface area (Å²) in [5.41, 5.74) is 4.26. The minimum Gasteiger partial charge on any atom is -0.309 e. The van der Waals surface area contributed by atoms with Gasteiger partial charge in [-0.1, -0.05) is 19.9 Å². The van der Waals surface area contributed by atoms with E-state index in [-0.39, 0.29) is 5.25 Å². The average Bonchev–Trinajstić information content (AvgIpc) is 2.97. The van der Waals surface area contributed by atoms with Crippen molar-refractivity contribution in [3.63, 3.8) is 0 Å².